The van der Waals surface area contributed by atoms with E-state index in [0.29, 0.717) is 11.8 Å². The van der Waals surface area contributed by atoms with E-state index in [1.54, 1.807) is 6.21 Å². The molecule has 7 nitrogen and oxygen atoms in total. The van der Waals surface area contributed by atoms with Gasteiger partial charge in [-0.15, -0.1) is 5.10 Å². The molecule has 0 radical (unpaired) electrons. The lowest BCUT2D eigenvalue weighted by atomic mass is 10.2. The van der Waals surface area contributed by atoms with E-state index in [1.165, 1.54) is 0 Å². The van der Waals surface area contributed by atoms with Gasteiger partial charge in [-0.1, -0.05) is 45.9 Å². The van der Waals surface area contributed by atoms with Crippen LogP contribution in [0, 0.1) is 0 Å². The molecule has 0 aliphatic carbocycles. The number of nitrogens with one attached hydrogen (secondary N) is 1. The van der Waals surface area contributed by atoms with E-state index in [4.69, 9.17) is 9.84 Å². The number of nitrogens with zero attached hydrogens (tertiary/aromatic N) is 2. The lowest BCUT2D eigenvalue weighted by Crippen LogP contribution is -2.26. The van der Waals surface area contributed by atoms with Crippen molar-refractivity contribution in [1.82, 2.24) is 5.32 Å². The number of rotatable bonds is 7. The highest BCUT2D eigenvalue weighted by Crippen LogP contribution is 2.22. The second-order valence-electron chi connectivity index (χ2n) is 5.79. The average Bonchev–Trinajstić information content (AvgIpc) is 3.01. The van der Waals surface area contributed by atoms with Gasteiger partial charge in [0.15, 0.2) is 5.17 Å². The van der Waals surface area contributed by atoms with Gasteiger partial charge >= 0.3 is 5.97 Å². The SMILES string of the molecule is O=C(O)CC1SC(=NN=Cc2ccc(OCc3ccccc3Br)cc2)NC1=O. The monoisotopic (exact) mass is 461 g/mol. The number of benzene rings is 2. The van der Waals surface area contributed by atoms with Crippen LogP contribution in [0.5, 0.6) is 5.75 Å². The summed E-state index contributed by atoms with van der Waals surface area (Å²) in [6.45, 7) is 0.455. The van der Waals surface area contributed by atoms with E-state index >= 15 is 0 Å². The summed E-state index contributed by atoms with van der Waals surface area (Å²) in [6.07, 6.45) is 1.29. The van der Waals surface area contributed by atoms with E-state index in [0.717, 1.165) is 33.1 Å². The van der Waals surface area contributed by atoms with Gasteiger partial charge in [-0.3, -0.25) is 9.59 Å². The first kappa shape index (κ1) is 20.1. The summed E-state index contributed by atoms with van der Waals surface area (Å²) in [5, 5.41) is 18.8. The Hall–Kier alpha value is -2.65. The summed E-state index contributed by atoms with van der Waals surface area (Å²) < 4.78 is 6.77. The zero-order valence-electron chi connectivity index (χ0n) is 14.5. The highest BCUT2D eigenvalue weighted by molar-refractivity contribution is 9.10. The van der Waals surface area contributed by atoms with Gasteiger partial charge in [0.05, 0.1) is 12.6 Å². The van der Waals surface area contributed by atoms with Crippen molar-refractivity contribution in [3.63, 3.8) is 0 Å². The predicted octanol–water partition coefficient (Wildman–Crippen LogP) is 3.42. The number of carbonyl (C=O) groups is 2. The maximum Gasteiger partial charge on any atom is 0.305 e. The molecule has 1 aliphatic rings. The topological polar surface area (TPSA) is 100 Å². The lowest BCUT2D eigenvalue weighted by molar-refractivity contribution is -0.138. The molecule has 1 amide bonds. The van der Waals surface area contributed by atoms with Crippen molar-refractivity contribution in [3.8, 4) is 5.75 Å². The third-order valence-electron chi connectivity index (χ3n) is 3.72. The molecule has 0 aromatic heterocycles. The van der Waals surface area contributed by atoms with Crippen molar-refractivity contribution in [2.24, 2.45) is 10.2 Å². The lowest BCUT2D eigenvalue weighted by Gasteiger charge is -2.07. The zero-order chi connectivity index (χ0) is 19.9. The van der Waals surface area contributed by atoms with Crippen molar-refractivity contribution in [1.29, 1.82) is 0 Å². The number of carbonyl (C=O) groups excluding carboxylic acids is 1. The molecule has 1 unspecified atom stereocenters. The van der Waals surface area contributed by atoms with Crippen molar-refractivity contribution >= 4 is 51.0 Å². The van der Waals surface area contributed by atoms with Crippen LogP contribution in [0.4, 0.5) is 0 Å². The fourth-order valence-corrected chi connectivity index (χ4v) is 3.63. The number of amides is 1. The molecule has 0 bridgehead atoms. The molecule has 0 spiro atoms. The van der Waals surface area contributed by atoms with Crippen LogP contribution >= 0.6 is 27.7 Å². The van der Waals surface area contributed by atoms with Crippen LogP contribution in [0.3, 0.4) is 0 Å². The molecule has 1 atom stereocenters. The molecular formula is C19H16BrN3O4S. The molecule has 3 rings (SSSR count). The molecule has 9 heteroatoms. The fourth-order valence-electron chi connectivity index (χ4n) is 2.32. The molecule has 2 aromatic carbocycles. The van der Waals surface area contributed by atoms with Gasteiger partial charge in [0.25, 0.3) is 0 Å². The first-order valence-corrected chi connectivity index (χ1v) is 9.95. The highest BCUT2D eigenvalue weighted by atomic mass is 79.9. The molecule has 0 saturated carbocycles. The molecule has 1 fully saturated rings. The minimum Gasteiger partial charge on any atom is -0.489 e. The number of ether oxygens (including phenoxy) is 1. The normalized spacial score (nSPS) is 17.8. The van der Waals surface area contributed by atoms with Gasteiger partial charge in [0, 0.05) is 10.0 Å². The zero-order valence-corrected chi connectivity index (χ0v) is 16.9. The van der Waals surface area contributed by atoms with Crippen molar-refractivity contribution in [2.75, 3.05) is 0 Å². The predicted molar refractivity (Wildman–Crippen MR) is 112 cm³/mol. The van der Waals surface area contributed by atoms with Crippen LogP contribution in [-0.4, -0.2) is 33.6 Å². The van der Waals surface area contributed by atoms with Crippen molar-refractivity contribution in [3.05, 3.63) is 64.1 Å². The minimum absolute atomic E-state index is 0.250. The second-order valence-corrected chi connectivity index (χ2v) is 7.84. The van der Waals surface area contributed by atoms with Gasteiger partial charge < -0.3 is 15.2 Å². The third kappa shape index (κ3) is 5.67. The summed E-state index contributed by atoms with van der Waals surface area (Å²) >= 11 is 4.55. The second kappa shape index (κ2) is 9.52. The Labute approximate surface area is 174 Å². The van der Waals surface area contributed by atoms with Crippen LogP contribution in [0.15, 0.2) is 63.2 Å². The summed E-state index contributed by atoms with van der Waals surface area (Å²) in [5.41, 5.74) is 1.87. The first-order chi connectivity index (χ1) is 13.5. The Morgan fingerprint density at radius 3 is 2.71 bits per heavy atom. The summed E-state index contributed by atoms with van der Waals surface area (Å²) in [5.74, 6) is -0.665. The van der Waals surface area contributed by atoms with Crippen LogP contribution in [-0.2, 0) is 16.2 Å². The number of aliphatic carboxylic acids is 1. The van der Waals surface area contributed by atoms with Gasteiger partial charge in [-0.05, 0) is 35.9 Å². The minimum atomic E-state index is -1.03. The Balaban J connectivity index is 1.53. The summed E-state index contributed by atoms with van der Waals surface area (Å²) in [6, 6.07) is 15.2. The maximum atomic E-state index is 11.6. The van der Waals surface area contributed by atoms with Gasteiger partial charge in [0.1, 0.15) is 17.6 Å². The summed E-state index contributed by atoms with van der Waals surface area (Å²) in [7, 11) is 0. The first-order valence-electron chi connectivity index (χ1n) is 8.28. The molecule has 1 saturated heterocycles. The number of hydrogen-bond donors (Lipinski definition) is 2. The number of carboxylic acid groups (broad SMARTS) is 1. The van der Waals surface area contributed by atoms with Crippen molar-refractivity contribution < 1.29 is 19.4 Å². The number of thioether (sulfide) groups is 1. The number of carboxylic acids is 1. The Bertz CT molecular complexity index is 931. The standard InChI is InChI=1S/C19H16BrN3O4S/c20-15-4-2-1-3-13(15)11-27-14-7-5-12(6-8-14)10-21-23-19-22-18(26)16(28-19)9-17(24)25/h1-8,10,16H,9,11H2,(H,24,25)(H,22,23,26). The van der Waals surface area contributed by atoms with Gasteiger partial charge in [0.2, 0.25) is 5.91 Å². The smallest absolute Gasteiger partial charge is 0.305 e. The van der Waals surface area contributed by atoms with E-state index in [1.807, 2.05) is 48.5 Å². The largest absolute Gasteiger partial charge is 0.489 e. The molecule has 144 valence electrons. The molecule has 2 N–H and O–H groups in total. The molecule has 2 aromatic rings. The van der Waals surface area contributed by atoms with Crippen molar-refractivity contribution in [2.45, 2.75) is 18.3 Å². The quantitative estimate of drug-likeness (QED) is 0.485. The third-order valence-corrected chi connectivity index (χ3v) is 5.57. The molecular weight excluding hydrogens is 446 g/mol. The van der Waals surface area contributed by atoms with E-state index in [9.17, 15) is 9.59 Å². The van der Waals surface area contributed by atoms with E-state index in [-0.39, 0.29) is 12.3 Å². The van der Waals surface area contributed by atoms with E-state index < -0.39 is 11.2 Å². The van der Waals surface area contributed by atoms with Gasteiger partial charge in [-0.25, -0.2) is 0 Å². The fraction of sp³-hybridized carbons (Fsp3) is 0.158. The number of halogens is 1. The Morgan fingerprint density at radius 1 is 1.25 bits per heavy atom. The number of amidine groups is 1. The molecule has 28 heavy (non-hydrogen) atoms. The van der Waals surface area contributed by atoms with Crippen LogP contribution in [0.25, 0.3) is 0 Å². The van der Waals surface area contributed by atoms with E-state index in [2.05, 4.69) is 31.4 Å². The van der Waals surface area contributed by atoms with Crippen LogP contribution in [0.1, 0.15) is 17.5 Å². The van der Waals surface area contributed by atoms with Gasteiger partial charge in [-0.2, -0.15) is 5.10 Å². The highest BCUT2D eigenvalue weighted by Gasteiger charge is 2.32. The maximum absolute atomic E-state index is 11.6. The van der Waals surface area contributed by atoms with Crippen LogP contribution < -0.4 is 10.1 Å². The molecule has 1 heterocycles. The summed E-state index contributed by atoms with van der Waals surface area (Å²) in [4.78, 5) is 22.3. The Kier molecular flexibility index (Phi) is 6.83. The average molecular weight is 462 g/mol. The van der Waals surface area contributed by atoms with Crippen LogP contribution in [0.2, 0.25) is 0 Å². The Morgan fingerprint density at radius 2 is 2.00 bits per heavy atom. The molecule has 1 aliphatic heterocycles. The number of hydrogen-bond acceptors (Lipinski definition) is 6.